The lowest BCUT2D eigenvalue weighted by molar-refractivity contribution is 0.830. The zero-order valence-electron chi connectivity index (χ0n) is 10.1. The van der Waals surface area contributed by atoms with Crippen LogP contribution in [0, 0.1) is 6.92 Å². The van der Waals surface area contributed by atoms with Crippen molar-refractivity contribution < 1.29 is 0 Å². The van der Waals surface area contributed by atoms with Gasteiger partial charge in [0.05, 0.1) is 0 Å². The number of hydrogen-bond acceptors (Lipinski definition) is 1. The topological polar surface area (TPSA) is 17.8 Å². The molecule has 0 fully saturated rings. The monoisotopic (exact) mass is 300 g/mol. The molecule has 0 aliphatic rings. The molecule has 0 radical (unpaired) electrons. The molecule has 0 saturated carbocycles. The second-order valence-electron chi connectivity index (χ2n) is 4.52. The van der Waals surface area contributed by atoms with E-state index in [2.05, 4.69) is 68.9 Å². The zero-order valence-corrected chi connectivity index (χ0v) is 11.7. The van der Waals surface area contributed by atoms with Gasteiger partial charge in [-0.1, -0.05) is 28.1 Å². The Balaban J connectivity index is 2.02. The molecule has 2 heterocycles. The Morgan fingerprint density at radius 3 is 2.89 bits per heavy atom. The van der Waals surface area contributed by atoms with Crippen molar-refractivity contribution in [1.29, 1.82) is 0 Å². The molecule has 0 amide bonds. The highest BCUT2D eigenvalue weighted by atomic mass is 79.9. The number of pyridine rings is 1. The molecule has 3 rings (SSSR count). The van der Waals surface area contributed by atoms with Crippen molar-refractivity contribution in [2.75, 3.05) is 0 Å². The fraction of sp³-hybridized carbons (Fsp3) is 0.133. The second kappa shape index (κ2) is 4.58. The lowest BCUT2D eigenvalue weighted by Crippen LogP contribution is -1.98. The molecule has 0 aliphatic heterocycles. The van der Waals surface area contributed by atoms with Crippen LogP contribution < -0.4 is 0 Å². The standard InChI is InChI=1S/C15H13BrN2/c1-11-6-12(9-17-8-11)10-18-5-4-13-2-3-14(16)7-15(13)18/h2-9H,10H2,1H3. The number of nitrogens with zero attached hydrogens (tertiary/aromatic N) is 2. The van der Waals surface area contributed by atoms with Crippen LogP contribution in [0.3, 0.4) is 0 Å². The fourth-order valence-corrected chi connectivity index (χ4v) is 2.54. The van der Waals surface area contributed by atoms with E-state index in [1.54, 1.807) is 0 Å². The predicted molar refractivity (Wildman–Crippen MR) is 77.7 cm³/mol. The summed E-state index contributed by atoms with van der Waals surface area (Å²) < 4.78 is 3.36. The van der Waals surface area contributed by atoms with Gasteiger partial charge in [-0.15, -0.1) is 0 Å². The van der Waals surface area contributed by atoms with E-state index in [9.17, 15) is 0 Å². The first-order chi connectivity index (χ1) is 8.72. The van der Waals surface area contributed by atoms with Crippen molar-refractivity contribution >= 4 is 26.8 Å². The van der Waals surface area contributed by atoms with Crippen LogP contribution in [0.15, 0.2) is 53.4 Å². The molecule has 1 aromatic carbocycles. The predicted octanol–water partition coefficient (Wildman–Crippen LogP) is 4.16. The Morgan fingerprint density at radius 1 is 1.17 bits per heavy atom. The zero-order chi connectivity index (χ0) is 12.5. The van der Waals surface area contributed by atoms with Gasteiger partial charge in [-0.2, -0.15) is 0 Å². The minimum Gasteiger partial charge on any atom is -0.343 e. The Bertz CT molecular complexity index is 701. The number of rotatable bonds is 2. The molecule has 3 heteroatoms. The van der Waals surface area contributed by atoms with Crippen LogP contribution in [0.1, 0.15) is 11.1 Å². The molecule has 2 aromatic heterocycles. The average Bonchev–Trinajstić information content (AvgIpc) is 2.72. The second-order valence-corrected chi connectivity index (χ2v) is 5.43. The molecule has 0 atom stereocenters. The van der Waals surface area contributed by atoms with E-state index in [0.717, 1.165) is 11.0 Å². The van der Waals surface area contributed by atoms with Crippen LogP contribution >= 0.6 is 15.9 Å². The molecule has 3 aromatic rings. The van der Waals surface area contributed by atoms with E-state index in [1.807, 2.05) is 12.4 Å². The quantitative estimate of drug-likeness (QED) is 0.695. The van der Waals surface area contributed by atoms with Crippen molar-refractivity contribution in [3.05, 3.63) is 64.5 Å². The van der Waals surface area contributed by atoms with Crippen LogP contribution in [0.5, 0.6) is 0 Å². The number of benzene rings is 1. The number of halogens is 1. The van der Waals surface area contributed by atoms with Crippen molar-refractivity contribution in [3.8, 4) is 0 Å². The summed E-state index contributed by atoms with van der Waals surface area (Å²) in [5.74, 6) is 0. The lowest BCUT2D eigenvalue weighted by atomic mass is 10.2. The third kappa shape index (κ3) is 2.18. The number of fused-ring (bicyclic) bond motifs is 1. The Morgan fingerprint density at radius 2 is 2.06 bits per heavy atom. The Labute approximate surface area is 114 Å². The summed E-state index contributed by atoms with van der Waals surface area (Å²) in [6.07, 6.45) is 5.93. The van der Waals surface area contributed by atoms with E-state index in [-0.39, 0.29) is 0 Å². The third-order valence-corrected chi connectivity index (χ3v) is 3.51. The molecule has 90 valence electrons. The van der Waals surface area contributed by atoms with Gasteiger partial charge in [0.25, 0.3) is 0 Å². The SMILES string of the molecule is Cc1cncc(Cn2ccc3ccc(Br)cc32)c1. The van der Waals surface area contributed by atoms with Gasteiger partial charge in [0, 0.05) is 35.1 Å². The first-order valence-corrected chi connectivity index (χ1v) is 6.66. The van der Waals surface area contributed by atoms with Crippen LogP contribution in [-0.2, 0) is 6.54 Å². The molecule has 0 spiro atoms. The van der Waals surface area contributed by atoms with Crippen LogP contribution in [-0.4, -0.2) is 9.55 Å². The van der Waals surface area contributed by atoms with Gasteiger partial charge in [0.1, 0.15) is 0 Å². The maximum atomic E-state index is 4.24. The van der Waals surface area contributed by atoms with E-state index in [4.69, 9.17) is 0 Å². The summed E-state index contributed by atoms with van der Waals surface area (Å²) in [6.45, 7) is 2.93. The van der Waals surface area contributed by atoms with Crippen molar-refractivity contribution in [2.24, 2.45) is 0 Å². The van der Waals surface area contributed by atoms with Gasteiger partial charge >= 0.3 is 0 Å². The highest BCUT2D eigenvalue weighted by Crippen LogP contribution is 2.21. The minimum atomic E-state index is 0.856. The van der Waals surface area contributed by atoms with Crippen molar-refractivity contribution in [2.45, 2.75) is 13.5 Å². The molecular weight excluding hydrogens is 288 g/mol. The van der Waals surface area contributed by atoms with E-state index in [1.165, 1.54) is 22.0 Å². The summed E-state index contributed by atoms with van der Waals surface area (Å²) in [5, 5.41) is 1.26. The average molecular weight is 301 g/mol. The van der Waals surface area contributed by atoms with Gasteiger partial charge in [-0.3, -0.25) is 4.98 Å². The van der Waals surface area contributed by atoms with E-state index >= 15 is 0 Å². The molecule has 0 unspecified atom stereocenters. The van der Waals surface area contributed by atoms with Gasteiger partial charge in [0.15, 0.2) is 0 Å². The first kappa shape index (κ1) is 11.5. The van der Waals surface area contributed by atoms with Gasteiger partial charge < -0.3 is 4.57 Å². The minimum absolute atomic E-state index is 0.856. The fourth-order valence-electron chi connectivity index (χ4n) is 2.20. The first-order valence-electron chi connectivity index (χ1n) is 5.87. The number of hydrogen-bond donors (Lipinski definition) is 0. The van der Waals surface area contributed by atoms with Crippen molar-refractivity contribution in [3.63, 3.8) is 0 Å². The van der Waals surface area contributed by atoms with Crippen molar-refractivity contribution in [1.82, 2.24) is 9.55 Å². The highest BCUT2D eigenvalue weighted by Gasteiger charge is 2.03. The third-order valence-electron chi connectivity index (χ3n) is 3.02. The smallest absolute Gasteiger partial charge is 0.0494 e. The summed E-state index contributed by atoms with van der Waals surface area (Å²) in [4.78, 5) is 4.24. The summed E-state index contributed by atoms with van der Waals surface area (Å²) in [7, 11) is 0. The summed E-state index contributed by atoms with van der Waals surface area (Å²) >= 11 is 3.52. The molecule has 0 aliphatic carbocycles. The lowest BCUT2D eigenvalue weighted by Gasteiger charge is -2.06. The largest absolute Gasteiger partial charge is 0.343 e. The normalized spacial score (nSPS) is 11.0. The highest BCUT2D eigenvalue weighted by molar-refractivity contribution is 9.10. The maximum absolute atomic E-state index is 4.24. The molecule has 2 nitrogen and oxygen atoms in total. The Kier molecular flexibility index (Phi) is 2.92. The molecular formula is C15H13BrN2. The Hall–Kier alpha value is -1.61. The summed E-state index contributed by atoms with van der Waals surface area (Å²) in [5.41, 5.74) is 3.67. The molecule has 0 saturated heterocycles. The number of aryl methyl sites for hydroxylation is 1. The van der Waals surface area contributed by atoms with Gasteiger partial charge in [-0.25, -0.2) is 0 Å². The molecule has 0 N–H and O–H groups in total. The van der Waals surface area contributed by atoms with Gasteiger partial charge in [0.2, 0.25) is 0 Å². The van der Waals surface area contributed by atoms with Gasteiger partial charge in [-0.05, 0) is 41.6 Å². The van der Waals surface area contributed by atoms with Crippen LogP contribution in [0.25, 0.3) is 10.9 Å². The number of aromatic nitrogens is 2. The molecule has 0 bridgehead atoms. The maximum Gasteiger partial charge on any atom is 0.0494 e. The van der Waals surface area contributed by atoms with E-state index in [0.29, 0.717) is 0 Å². The molecule has 18 heavy (non-hydrogen) atoms. The van der Waals surface area contributed by atoms with Crippen LogP contribution in [0.4, 0.5) is 0 Å². The summed E-state index contributed by atoms with van der Waals surface area (Å²) in [6, 6.07) is 10.7. The van der Waals surface area contributed by atoms with E-state index < -0.39 is 0 Å². The van der Waals surface area contributed by atoms with Crippen LogP contribution in [0.2, 0.25) is 0 Å².